The van der Waals surface area contributed by atoms with Crippen LogP contribution >= 0.6 is 11.3 Å². The quantitative estimate of drug-likeness (QED) is 0.615. The number of hydrogen-bond acceptors (Lipinski definition) is 5. The molecule has 33 heavy (non-hydrogen) atoms. The van der Waals surface area contributed by atoms with Gasteiger partial charge in [-0.3, -0.25) is 9.59 Å². The molecule has 0 radical (unpaired) electrons. The molecule has 6 nitrogen and oxygen atoms in total. The molecule has 1 fully saturated rings. The van der Waals surface area contributed by atoms with Crippen LogP contribution in [0.1, 0.15) is 71.7 Å². The molecule has 1 aromatic heterocycles. The van der Waals surface area contributed by atoms with Crippen molar-refractivity contribution < 1.29 is 9.59 Å². The van der Waals surface area contributed by atoms with Gasteiger partial charge in [-0.15, -0.1) is 11.3 Å². The molecule has 1 aliphatic heterocycles. The highest BCUT2D eigenvalue weighted by Crippen LogP contribution is 2.29. The maximum Gasteiger partial charge on any atom is 0.243 e. The first-order chi connectivity index (χ1) is 15.5. The minimum Gasteiger partial charge on any atom is -0.348 e. The van der Waals surface area contributed by atoms with Crippen molar-refractivity contribution in [2.24, 2.45) is 5.41 Å². The van der Waals surface area contributed by atoms with E-state index in [0.717, 1.165) is 23.2 Å². The maximum absolute atomic E-state index is 13.5. The Morgan fingerprint density at radius 1 is 1.15 bits per heavy atom. The largest absolute Gasteiger partial charge is 0.348 e. The van der Waals surface area contributed by atoms with E-state index in [1.165, 1.54) is 4.88 Å². The molecule has 2 N–H and O–H groups in total. The summed E-state index contributed by atoms with van der Waals surface area (Å²) < 4.78 is 0. The minimum atomic E-state index is -0.419. The minimum absolute atomic E-state index is 0.0192. The van der Waals surface area contributed by atoms with E-state index in [1.807, 2.05) is 33.2 Å². The average molecular weight is 471 g/mol. The van der Waals surface area contributed by atoms with Crippen molar-refractivity contribution in [3.8, 4) is 10.4 Å². The molecule has 3 rings (SSSR count). The van der Waals surface area contributed by atoms with Gasteiger partial charge < -0.3 is 15.5 Å². The number of aryl methyl sites for hydroxylation is 1. The van der Waals surface area contributed by atoms with Crippen molar-refractivity contribution in [3.05, 3.63) is 41.0 Å². The van der Waals surface area contributed by atoms with E-state index < -0.39 is 6.04 Å². The van der Waals surface area contributed by atoms with Crippen LogP contribution in [0.2, 0.25) is 0 Å². The van der Waals surface area contributed by atoms with Crippen LogP contribution in [0.25, 0.3) is 10.4 Å². The number of rotatable bonds is 7. The molecular weight excluding hydrogens is 432 g/mol. The van der Waals surface area contributed by atoms with Gasteiger partial charge in [-0.05, 0) is 43.2 Å². The van der Waals surface area contributed by atoms with Crippen LogP contribution in [0.4, 0.5) is 0 Å². The predicted octanol–water partition coefficient (Wildman–Crippen LogP) is 4.70. The highest BCUT2D eigenvalue weighted by molar-refractivity contribution is 7.13. The van der Waals surface area contributed by atoms with E-state index in [-0.39, 0.29) is 35.4 Å². The molecule has 2 amide bonds. The lowest BCUT2D eigenvalue weighted by atomic mass is 9.85. The molecule has 0 bridgehead atoms. The van der Waals surface area contributed by atoms with Crippen molar-refractivity contribution in [3.63, 3.8) is 0 Å². The molecule has 1 aromatic carbocycles. The lowest BCUT2D eigenvalue weighted by molar-refractivity contribution is -0.142. The molecule has 1 saturated heterocycles. The number of carbonyl (C=O) groups is 2. The van der Waals surface area contributed by atoms with Crippen LogP contribution in [-0.2, 0) is 9.59 Å². The third kappa shape index (κ3) is 6.01. The maximum atomic E-state index is 13.5. The molecule has 180 valence electrons. The van der Waals surface area contributed by atoms with Crippen LogP contribution in [0.15, 0.2) is 29.8 Å². The Labute approximate surface area is 202 Å². The van der Waals surface area contributed by atoms with Gasteiger partial charge >= 0.3 is 0 Å². The van der Waals surface area contributed by atoms with Gasteiger partial charge in [-0.2, -0.15) is 0 Å². The van der Waals surface area contributed by atoms with Gasteiger partial charge in [0, 0.05) is 12.6 Å². The van der Waals surface area contributed by atoms with Crippen molar-refractivity contribution >= 4 is 23.2 Å². The zero-order valence-corrected chi connectivity index (χ0v) is 21.8. The van der Waals surface area contributed by atoms with Gasteiger partial charge in [-0.25, -0.2) is 4.98 Å². The Morgan fingerprint density at radius 3 is 2.36 bits per heavy atom. The second kappa shape index (κ2) is 10.3. The van der Waals surface area contributed by atoms with E-state index in [9.17, 15) is 9.59 Å². The van der Waals surface area contributed by atoms with Crippen LogP contribution in [-0.4, -0.2) is 46.4 Å². The molecule has 0 saturated carbocycles. The number of likely N-dealkylation sites (tertiary alicyclic amines) is 1. The molecule has 0 aliphatic carbocycles. The number of benzene rings is 1. The average Bonchev–Trinajstić information content (AvgIpc) is 3.40. The Balaban J connectivity index is 1.68. The Bertz CT molecular complexity index is 961. The van der Waals surface area contributed by atoms with Crippen molar-refractivity contribution in [2.75, 3.05) is 6.54 Å². The zero-order valence-electron chi connectivity index (χ0n) is 20.9. The van der Waals surface area contributed by atoms with Gasteiger partial charge in [0.25, 0.3) is 0 Å². The number of carbonyl (C=O) groups excluding carboxylic acids is 2. The number of hydrogen-bond donors (Lipinski definition) is 2. The number of nitrogens with one attached hydrogen (secondary N) is 2. The Kier molecular flexibility index (Phi) is 7.96. The molecule has 7 heteroatoms. The number of nitrogens with zero attached hydrogens (tertiary/aromatic N) is 2. The Hall–Kier alpha value is -2.25. The summed E-state index contributed by atoms with van der Waals surface area (Å²) in [5.41, 5.74) is 4.82. The number of thiazole rings is 1. The van der Waals surface area contributed by atoms with Gasteiger partial charge in [0.15, 0.2) is 0 Å². The fraction of sp³-hybridized carbons (Fsp3) is 0.577. The second-order valence-corrected chi connectivity index (χ2v) is 11.3. The summed E-state index contributed by atoms with van der Waals surface area (Å²) in [6.45, 7) is 14.9. The van der Waals surface area contributed by atoms with E-state index in [4.69, 9.17) is 0 Å². The zero-order chi connectivity index (χ0) is 24.3. The summed E-state index contributed by atoms with van der Waals surface area (Å²) in [6.07, 6.45) is 1.55. The fourth-order valence-corrected chi connectivity index (χ4v) is 5.20. The predicted molar refractivity (Wildman–Crippen MR) is 135 cm³/mol. The summed E-state index contributed by atoms with van der Waals surface area (Å²) in [4.78, 5) is 33.9. The first kappa shape index (κ1) is 25.4. The molecular formula is C26H38N4O2S. The van der Waals surface area contributed by atoms with Crippen LogP contribution in [0, 0.1) is 12.3 Å². The van der Waals surface area contributed by atoms with Gasteiger partial charge in [0.05, 0.1) is 28.2 Å². The molecule has 3 unspecified atom stereocenters. The summed E-state index contributed by atoms with van der Waals surface area (Å²) in [7, 11) is 0. The highest BCUT2D eigenvalue weighted by Gasteiger charge is 2.41. The summed E-state index contributed by atoms with van der Waals surface area (Å²) in [5.74, 6) is -0.0567. The van der Waals surface area contributed by atoms with E-state index >= 15 is 0 Å². The normalized spacial score (nSPS) is 18.4. The SMILES string of the molecule is Cc1ncsc1-c1ccc(C(C)NC(=O)C2CCCN2C(=O)C(NC(C)C)C(C)(C)C)cc1. The van der Waals surface area contributed by atoms with E-state index in [0.29, 0.717) is 13.0 Å². The molecule has 2 aromatic rings. The monoisotopic (exact) mass is 470 g/mol. The number of aromatic nitrogens is 1. The fourth-order valence-electron chi connectivity index (χ4n) is 4.39. The van der Waals surface area contributed by atoms with Crippen LogP contribution < -0.4 is 10.6 Å². The first-order valence-electron chi connectivity index (χ1n) is 11.9. The van der Waals surface area contributed by atoms with Crippen LogP contribution in [0.5, 0.6) is 0 Å². The third-order valence-corrected chi connectivity index (χ3v) is 7.21. The Morgan fingerprint density at radius 2 is 1.82 bits per heavy atom. The first-order valence-corrected chi connectivity index (χ1v) is 12.7. The second-order valence-electron chi connectivity index (χ2n) is 10.4. The molecule has 1 aliphatic rings. The molecule has 2 heterocycles. The smallest absolute Gasteiger partial charge is 0.243 e. The van der Waals surface area contributed by atoms with Crippen molar-refractivity contribution in [1.29, 1.82) is 0 Å². The summed E-state index contributed by atoms with van der Waals surface area (Å²) in [6, 6.07) is 7.57. The van der Waals surface area contributed by atoms with E-state index in [1.54, 1.807) is 16.2 Å². The summed E-state index contributed by atoms with van der Waals surface area (Å²) >= 11 is 1.63. The molecule has 0 spiro atoms. The van der Waals surface area contributed by atoms with Crippen molar-refractivity contribution in [1.82, 2.24) is 20.5 Å². The van der Waals surface area contributed by atoms with Gasteiger partial charge in [0.1, 0.15) is 6.04 Å². The lowest BCUT2D eigenvalue weighted by Gasteiger charge is -2.36. The standard InChI is InChI=1S/C26H38N4O2S/c1-16(2)28-23(26(5,6)7)25(32)30-14-8-9-21(30)24(31)29-17(3)19-10-12-20(13-11-19)22-18(4)27-15-33-22/h10-13,15-17,21,23,28H,8-9,14H2,1-7H3,(H,29,31). The van der Waals surface area contributed by atoms with E-state index in [2.05, 4.69) is 60.7 Å². The van der Waals surface area contributed by atoms with Gasteiger partial charge in [0.2, 0.25) is 11.8 Å². The topological polar surface area (TPSA) is 74.3 Å². The van der Waals surface area contributed by atoms with Gasteiger partial charge in [-0.1, -0.05) is 58.9 Å². The summed E-state index contributed by atoms with van der Waals surface area (Å²) in [5, 5.41) is 6.56. The van der Waals surface area contributed by atoms with Crippen molar-refractivity contribution in [2.45, 2.75) is 85.5 Å². The molecule has 3 atom stereocenters. The number of amides is 2. The lowest BCUT2D eigenvalue weighted by Crippen LogP contribution is -2.57. The highest BCUT2D eigenvalue weighted by atomic mass is 32.1. The van der Waals surface area contributed by atoms with Crippen LogP contribution in [0.3, 0.4) is 0 Å². The third-order valence-electron chi connectivity index (χ3n) is 6.23.